The Labute approximate surface area is 139 Å². The summed E-state index contributed by atoms with van der Waals surface area (Å²) in [5, 5.41) is 14.1. The molecule has 23 heavy (non-hydrogen) atoms. The van der Waals surface area contributed by atoms with Crippen molar-refractivity contribution in [3.05, 3.63) is 77.2 Å². The summed E-state index contributed by atoms with van der Waals surface area (Å²) in [6.07, 6.45) is 0.522. The summed E-state index contributed by atoms with van der Waals surface area (Å²) in [7, 11) is 0. The molecule has 0 aliphatic carbocycles. The van der Waals surface area contributed by atoms with E-state index in [0.29, 0.717) is 12.0 Å². The van der Waals surface area contributed by atoms with Crippen LogP contribution in [0.4, 0.5) is 5.69 Å². The summed E-state index contributed by atoms with van der Waals surface area (Å²) < 4.78 is 0. The zero-order valence-electron chi connectivity index (χ0n) is 12.5. The zero-order valence-corrected chi connectivity index (χ0v) is 13.3. The van der Waals surface area contributed by atoms with E-state index in [-0.39, 0.29) is 12.5 Å². The second kappa shape index (κ2) is 7.22. The SMILES string of the molecule is O=C(Nc1ccccc1CCO)c1ccc(-c2cccs2)cc1. The quantitative estimate of drug-likeness (QED) is 0.739. The first kappa shape index (κ1) is 15.5. The number of anilines is 1. The van der Waals surface area contributed by atoms with Gasteiger partial charge < -0.3 is 10.4 Å². The molecule has 4 heteroatoms. The van der Waals surface area contributed by atoms with Crippen LogP contribution in [0, 0.1) is 0 Å². The summed E-state index contributed by atoms with van der Waals surface area (Å²) in [5.41, 5.74) is 3.40. The molecule has 0 saturated carbocycles. The van der Waals surface area contributed by atoms with Crippen LogP contribution in [0.15, 0.2) is 66.0 Å². The number of aliphatic hydroxyl groups excluding tert-OH is 1. The Morgan fingerprint density at radius 1 is 1.00 bits per heavy atom. The van der Waals surface area contributed by atoms with Crippen LogP contribution in [0.25, 0.3) is 10.4 Å². The Balaban J connectivity index is 1.76. The first-order valence-corrected chi connectivity index (χ1v) is 8.30. The van der Waals surface area contributed by atoms with Gasteiger partial charge in [-0.05, 0) is 47.2 Å². The van der Waals surface area contributed by atoms with Gasteiger partial charge in [-0.2, -0.15) is 0 Å². The fraction of sp³-hybridized carbons (Fsp3) is 0.105. The smallest absolute Gasteiger partial charge is 0.255 e. The molecule has 0 bridgehead atoms. The van der Waals surface area contributed by atoms with Crippen LogP contribution < -0.4 is 5.32 Å². The van der Waals surface area contributed by atoms with E-state index in [4.69, 9.17) is 5.11 Å². The van der Waals surface area contributed by atoms with Gasteiger partial charge in [0.2, 0.25) is 0 Å². The molecule has 0 aliphatic rings. The molecule has 0 fully saturated rings. The second-order valence-corrected chi connectivity index (χ2v) is 6.09. The van der Waals surface area contributed by atoms with Crippen molar-refractivity contribution in [2.24, 2.45) is 0 Å². The van der Waals surface area contributed by atoms with Crippen LogP contribution in [0.3, 0.4) is 0 Å². The molecule has 0 unspecified atom stereocenters. The Morgan fingerprint density at radius 2 is 1.78 bits per heavy atom. The van der Waals surface area contributed by atoms with E-state index in [1.807, 2.05) is 60.0 Å². The first-order valence-electron chi connectivity index (χ1n) is 7.42. The predicted molar refractivity (Wildman–Crippen MR) is 94.9 cm³/mol. The highest BCUT2D eigenvalue weighted by atomic mass is 32.1. The van der Waals surface area contributed by atoms with Crippen molar-refractivity contribution in [2.75, 3.05) is 11.9 Å². The number of nitrogens with one attached hydrogen (secondary N) is 1. The van der Waals surface area contributed by atoms with Crippen molar-refractivity contribution < 1.29 is 9.90 Å². The molecule has 0 aliphatic heterocycles. The number of para-hydroxylation sites is 1. The highest BCUT2D eigenvalue weighted by Crippen LogP contribution is 2.25. The largest absolute Gasteiger partial charge is 0.396 e. The normalized spacial score (nSPS) is 10.5. The molecule has 2 N–H and O–H groups in total. The Hall–Kier alpha value is -2.43. The first-order chi connectivity index (χ1) is 11.3. The molecule has 1 aromatic heterocycles. The maximum absolute atomic E-state index is 12.4. The average molecular weight is 323 g/mol. The van der Waals surface area contributed by atoms with Gasteiger partial charge in [0.25, 0.3) is 5.91 Å². The lowest BCUT2D eigenvalue weighted by Crippen LogP contribution is -2.13. The van der Waals surface area contributed by atoms with Gasteiger partial charge in [-0.25, -0.2) is 0 Å². The summed E-state index contributed by atoms with van der Waals surface area (Å²) in [6.45, 7) is 0.0579. The van der Waals surface area contributed by atoms with Crippen LogP contribution in [0.1, 0.15) is 15.9 Å². The topological polar surface area (TPSA) is 49.3 Å². The highest BCUT2D eigenvalue weighted by molar-refractivity contribution is 7.13. The van der Waals surface area contributed by atoms with Gasteiger partial charge >= 0.3 is 0 Å². The van der Waals surface area contributed by atoms with Gasteiger partial charge in [0.1, 0.15) is 0 Å². The maximum atomic E-state index is 12.4. The molecule has 1 amide bonds. The number of amides is 1. The van der Waals surface area contributed by atoms with E-state index in [9.17, 15) is 4.79 Å². The number of aliphatic hydroxyl groups is 1. The van der Waals surface area contributed by atoms with E-state index in [2.05, 4.69) is 11.4 Å². The number of rotatable bonds is 5. The highest BCUT2D eigenvalue weighted by Gasteiger charge is 2.09. The Kier molecular flexibility index (Phi) is 4.86. The fourth-order valence-electron chi connectivity index (χ4n) is 2.40. The van der Waals surface area contributed by atoms with Gasteiger partial charge in [-0.15, -0.1) is 11.3 Å². The van der Waals surface area contributed by atoms with E-state index < -0.39 is 0 Å². The summed E-state index contributed by atoms with van der Waals surface area (Å²) in [5.74, 6) is -0.145. The number of hydrogen-bond acceptors (Lipinski definition) is 3. The minimum atomic E-state index is -0.145. The molecule has 3 nitrogen and oxygen atoms in total. The van der Waals surface area contributed by atoms with Crippen LogP contribution >= 0.6 is 11.3 Å². The Bertz CT molecular complexity index is 779. The van der Waals surface area contributed by atoms with Gasteiger partial charge in [-0.3, -0.25) is 4.79 Å². The van der Waals surface area contributed by atoms with Gasteiger partial charge in [0.05, 0.1) is 0 Å². The van der Waals surface area contributed by atoms with Crippen molar-refractivity contribution in [1.82, 2.24) is 0 Å². The summed E-state index contributed by atoms with van der Waals surface area (Å²) in [6, 6.07) is 19.2. The van der Waals surface area contributed by atoms with Gasteiger partial charge in [0.15, 0.2) is 0 Å². The molecular formula is C19H17NO2S. The van der Waals surface area contributed by atoms with Crippen LogP contribution in [-0.4, -0.2) is 17.6 Å². The lowest BCUT2D eigenvalue weighted by Gasteiger charge is -2.10. The number of carbonyl (C=O) groups is 1. The molecule has 116 valence electrons. The van der Waals surface area contributed by atoms with Crippen molar-refractivity contribution in [1.29, 1.82) is 0 Å². The van der Waals surface area contributed by atoms with Crippen molar-refractivity contribution in [2.45, 2.75) is 6.42 Å². The van der Waals surface area contributed by atoms with Crippen molar-refractivity contribution >= 4 is 22.9 Å². The monoisotopic (exact) mass is 323 g/mol. The third-order valence-corrected chi connectivity index (χ3v) is 4.52. The molecule has 0 radical (unpaired) electrons. The molecule has 2 aromatic carbocycles. The lowest BCUT2D eigenvalue weighted by molar-refractivity contribution is 0.102. The zero-order chi connectivity index (χ0) is 16.1. The molecular weight excluding hydrogens is 306 g/mol. The fourth-order valence-corrected chi connectivity index (χ4v) is 3.14. The van der Waals surface area contributed by atoms with Gasteiger partial charge in [0, 0.05) is 22.7 Å². The van der Waals surface area contributed by atoms with Gasteiger partial charge in [-0.1, -0.05) is 36.4 Å². The Morgan fingerprint density at radius 3 is 2.48 bits per heavy atom. The summed E-state index contributed by atoms with van der Waals surface area (Å²) in [4.78, 5) is 13.6. The molecule has 3 aromatic rings. The minimum absolute atomic E-state index is 0.0579. The molecule has 0 saturated heterocycles. The van der Waals surface area contributed by atoms with Crippen molar-refractivity contribution in [3.8, 4) is 10.4 Å². The van der Waals surface area contributed by atoms with Crippen LogP contribution in [0.2, 0.25) is 0 Å². The number of benzene rings is 2. The van der Waals surface area contributed by atoms with E-state index in [1.165, 1.54) is 4.88 Å². The summed E-state index contributed by atoms with van der Waals surface area (Å²) >= 11 is 1.68. The number of thiophene rings is 1. The van der Waals surface area contributed by atoms with Crippen LogP contribution in [-0.2, 0) is 6.42 Å². The third-order valence-electron chi connectivity index (χ3n) is 3.60. The van der Waals surface area contributed by atoms with E-state index in [1.54, 1.807) is 11.3 Å². The lowest BCUT2D eigenvalue weighted by atomic mass is 10.1. The average Bonchev–Trinajstić information content (AvgIpc) is 3.11. The van der Waals surface area contributed by atoms with Crippen LogP contribution in [0.5, 0.6) is 0 Å². The second-order valence-electron chi connectivity index (χ2n) is 5.14. The molecule has 0 atom stereocenters. The van der Waals surface area contributed by atoms with E-state index in [0.717, 1.165) is 16.8 Å². The van der Waals surface area contributed by atoms with Crippen molar-refractivity contribution in [3.63, 3.8) is 0 Å². The number of hydrogen-bond donors (Lipinski definition) is 2. The standard InChI is InChI=1S/C19H17NO2S/c21-12-11-14-4-1-2-5-17(14)20-19(22)16-9-7-15(8-10-16)18-6-3-13-23-18/h1-10,13,21H,11-12H2,(H,20,22). The number of carbonyl (C=O) groups excluding carboxylic acids is 1. The predicted octanol–water partition coefficient (Wildman–Crippen LogP) is 4.20. The minimum Gasteiger partial charge on any atom is -0.396 e. The third kappa shape index (κ3) is 3.67. The molecule has 1 heterocycles. The molecule has 0 spiro atoms. The van der Waals surface area contributed by atoms with E-state index >= 15 is 0 Å². The maximum Gasteiger partial charge on any atom is 0.255 e. The molecule has 3 rings (SSSR count).